The van der Waals surface area contributed by atoms with Gasteiger partial charge in [-0.2, -0.15) is 0 Å². The van der Waals surface area contributed by atoms with Crippen LogP contribution in [0.25, 0.3) is 11.2 Å². The van der Waals surface area contributed by atoms with E-state index in [0.717, 1.165) is 37.3 Å². The first-order valence-corrected chi connectivity index (χ1v) is 9.29. The molecule has 8 heteroatoms. The lowest BCUT2D eigenvalue weighted by Gasteiger charge is -2.50. The van der Waals surface area contributed by atoms with Crippen LogP contribution in [0.1, 0.15) is 25.5 Å². The number of aromatic amines is 1. The summed E-state index contributed by atoms with van der Waals surface area (Å²) in [4.78, 5) is 23.1. The van der Waals surface area contributed by atoms with Crippen molar-refractivity contribution in [2.75, 3.05) is 24.2 Å². The number of hydrogen-bond acceptors (Lipinski definition) is 7. The van der Waals surface area contributed by atoms with Gasteiger partial charge in [-0.25, -0.2) is 4.98 Å². The van der Waals surface area contributed by atoms with Crippen LogP contribution in [0.2, 0.25) is 0 Å². The second-order valence-corrected chi connectivity index (χ2v) is 6.80. The molecule has 0 spiro atoms. The maximum absolute atomic E-state index is 13.1. The largest absolute Gasteiger partial charge is 0.361 e. The molecule has 1 aliphatic carbocycles. The van der Waals surface area contributed by atoms with Crippen molar-refractivity contribution in [3.05, 3.63) is 15.9 Å². The van der Waals surface area contributed by atoms with E-state index in [2.05, 4.69) is 37.3 Å². The van der Waals surface area contributed by atoms with Crippen molar-refractivity contribution < 1.29 is 0 Å². The van der Waals surface area contributed by atoms with Crippen molar-refractivity contribution in [2.24, 2.45) is 0 Å². The van der Waals surface area contributed by atoms with E-state index < -0.39 is 0 Å². The Morgan fingerprint density at radius 2 is 2.22 bits per heavy atom. The predicted molar refractivity (Wildman–Crippen MR) is 91.3 cm³/mol. The fourth-order valence-electron chi connectivity index (χ4n) is 3.56. The number of hydrogen-bond donors (Lipinski definition) is 2. The van der Waals surface area contributed by atoms with Crippen LogP contribution in [0.4, 0.5) is 5.69 Å². The number of fused-ring (bicyclic) bond motifs is 2. The Bertz CT molecular complexity index is 806. The van der Waals surface area contributed by atoms with Gasteiger partial charge in [-0.1, -0.05) is 18.7 Å². The molecule has 1 aliphatic heterocycles. The molecule has 0 radical (unpaired) electrons. The highest BCUT2D eigenvalue weighted by atomic mass is 32.2. The lowest BCUT2D eigenvalue weighted by Crippen LogP contribution is -2.64. The molecule has 0 unspecified atom stereocenters. The minimum Gasteiger partial charge on any atom is -0.361 e. The number of rotatable bonds is 3. The third-order valence-electron chi connectivity index (χ3n) is 4.87. The highest BCUT2D eigenvalue weighted by Crippen LogP contribution is 2.32. The van der Waals surface area contributed by atoms with E-state index in [9.17, 15) is 4.79 Å². The highest BCUT2D eigenvalue weighted by Gasteiger charge is 2.39. The van der Waals surface area contributed by atoms with Crippen molar-refractivity contribution in [1.82, 2.24) is 25.5 Å². The molecule has 2 atom stereocenters. The Hall–Kier alpha value is -1.67. The average molecular weight is 332 g/mol. The zero-order chi connectivity index (χ0) is 16.0. The molecular formula is C15H20N6OS. The average Bonchev–Trinajstić information content (AvgIpc) is 2.55. The zero-order valence-electron chi connectivity index (χ0n) is 13.3. The van der Waals surface area contributed by atoms with Crippen LogP contribution >= 0.6 is 11.8 Å². The summed E-state index contributed by atoms with van der Waals surface area (Å²) in [5.74, 6) is 0. The number of nitrogens with one attached hydrogen (secondary N) is 2. The molecule has 2 aromatic heterocycles. The molecule has 1 saturated heterocycles. The van der Waals surface area contributed by atoms with E-state index in [0.29, 0.717) is 28.4 Å². The fourth-order valence-corrected chi connectivity index (χ4v) is 3.86. The van der Waals surface area contributed by atoms with E-state index >= 15 is 0 Å². The van der Waals surface area contributed by atoms with Gasteiger partial charge in [0.05, 0.1) is 0 Å². The molecule has 7 nitrogen and oxygen atoms in total. The molecule has 23 heavy (non-hydrogen) atoms. The first-order chi connectivity index (χ1) is 11.2. The van der Waals surface area contributed by atoms with E-state index in [1.807, 2.05) is 6.26 Å². The standard InChI is InChI=1S/C15H20N6OS/c1-3-8-12(21-7-6-16-9-4-5-10(9)21)13(22)11-14(17-8)19-20-15(18-11)23-2/h9-10,16H,3-7H2,1-2H3,(H,17,19,22)/t9-,10-/m0/s1. The molecule has 4 rings (SSSR count). The van der Waals surface area contributed by atoms with E-state index in [4.69, 9.17) is 0 Å². The number of pyridine rings is 1. The molecule has 0 bridgehead atoms. The maximum Gasteiger partial charge on any atom is 0.233 e. The third kappa shape index (κ3) is 2.31. The summed E-state index contributed by atoms with van der Waals surface area (Å²) in [6.45, 7) is 3.83. The van der Waals surface area contributed by atoms with Crippen molar-refractivity contribution in [3.8, 4) is 0 Å². The molecule has 0 amide bonds. The van der Waals surface area contributed by atoms with Crippen molar-refractivity contribution in [2.45, 2.75) is 43.4 Å². The Morgan fingerprint density at radius 1 is 1.35 bits per heavy atom. The van der Waals surface area contributed by atoms with E-state index in [1.54, 1.807) is 0 Å². The maximum atomic E-state index is 13.1. The van der Waals surface area contributed by atoms with Crippen LogP contribution in [0.15, 0.2) is 9.95 Å². The number of anilines is 1. The van der Waals surface area contributed by atoms with Crippen LogP contribution in [0.3, 0.4) is 0 Å². The van der Waals surface area contributed by atoms with Crippen LogP contribution in [-0.4, -0.2) is 51.6 Å². The Kier molecular flexibility index (Phi) is 3.73. The normalized spacial score (nSPS) is 23.7. The summed E-state index contributed by atoms with van der Waals surface area (Å²) < 4.78 is 0. The third-order valence-corrected chi connectivity index (χ3v) is 5.41. The highest BCUT2D eigenvalue weighted by molar-refractivity contribution is 7.98. The van der Waals surface area contributed by atoms with Crippen molar-refractivity contribution in [3.63, 3.8) is 0 Å². The van der Waals surface area contributed by atoms with Gasteiger partial charge >= 0.3 is 0 Å². The summed E-state index contributed by atoms with van der Waals surface area (Å²) in [7, 11) is 0. The topological polar surface area (TPSA) is 86.8 Å². The van der Waals surface area contributed by atoms with Gasteiger partial charge in [0.15, 0.2) is 11.2 Å². The summed E-state index contributed by atoms with van der Waals surface area (Å²) in [5, 5.41) is 12.2. The van der Waals surface area contributed by atoms with Crippen LogP contribution in [-0.2, 0) is 6.42 Å². The molecule has 2 fully saturated rings. The zero-order valence-corrected chi connectivity index (χ0v) is 14.1. The first-order valence-electron chi connectivity index (χ1n) is 8.06. The van der Waals surface area contributed by atoms with Gasteiger partial charge in [0, 0.05) is 30.9 Å². The molecule has 2 aliphatic rings. The summed E-state index contributed by atoms with van der Waals surface area (Å²) in [6.07, 6.45) is 4.96. The molecular weight excluding hydrogens is 312 g/mol. The lowest BCUT2D eigenvalue weighted by atomic mass is 9.83. The molecule has 122 valence electrons. The minimum atomic E-state index is -0.0200. The van der Waals surface area contributed by atoms with Gasteiger partial charge in [-0.3, -0.25) is 4.79 Å². The minimum absolute atomic E-state index is 0.0200. The van der Waals surface area contributed by atoms with Crippen molar-refractivity contribution >= 4 is 28.6 Å². The number of aromatic nitrogens is 4. The van der Waals surface area contributed by atoms with Crippen molar-refractivity contribution in [1.29, 1.82) is 0 Å². The fraction of sp³-hybridized carbons (Fsp3) is 0.600. The van der Waals surface area contributed by atoms with E-state index in [1.165, 1.54) is 18.2 Å². The van der Waals surface area contributed by atoms with Crippen LogP contribution < -0.4 is 15.6 Å². The number of H-pyrrole nitrogens is 1. The quantitative estimate of drug-likeness (QED) is 0.809. The lowest BCUT2D eigenvalue weighted by molar-refractivity contribution is 0.240. The van der Waals surface area contributed by atoms with Crippen LogP contribution in [0.5, 0.6) is 0 Å². The number of nitrogens with zero attached hydrogens (tertiary/aromatic N) is 4. The van der Waals surface area contributed by atoms with Gasteiger partial charge in [-0.15, -0.1) is 10.2 Å². The predicted octanol–water partition coefficient (Wildman–Crippen LogP) is 0.938. The molecule has 1 saturated carbocycles. The number of aryl methyl sites for hydroxylation is 1. The van der Waals surface area contributed by atoms with Gasteiger partial charge in [0.25, 0.3) is 0 Å². The Labute approximate surface area is 138 Å². The molecule has 2 N–H and O–H groups in total. The van der Waals surface area contributed by atoms with Gasteiger partial charge in [0.2, 0.25) is 10.6 Å². The Morgan fingerprint density at radius 3 is 2.91 bits per heavy atom. The Balaban J connectivity index is 1.90. The van der Waals surface area contributed by atoms with Crippen LogP contribution in [0, 0.1) is 0 Å². The molecule has 2 aromatic rings. The van der Waals surface area contributed by atoms with Gasteiger partial charge in [0.1, 0.15) is 5.69 Å². The second kappa shape index (κ2) is 5.76. The van der Waals surface area contributed by atoms with Gasteiger partial charge < -0.3 is 15.2 Å². The monoisotopic (exact) mass is 332 g/mol. The molecule has 0 aromatic carbocycles. The second-order valence-electron chi connectivity index (χ2n) is 6.03. The number of thioether (sulfide) groups is 1. The summed E-state index contributed by atoms with van der Waals surface area (Å²) in [5.41, 5.74) is 2.57. The number of piperazine rings is 1. The van der Waals surface area contributed by atoms with Gasteiger partial charge in [-0.05, 0) is 25.5 Å². The smallest absolute Gasteiger partial charge is 0.233 e. The molecule has 3 heterocycles. The SMILES string of the molecule is CCc1[nH]c2nnc(SC)nc2c(=O)c1N1CCN[C@H]2CC[C@@H]21. The summed E-state index contributed by atoms with van der Waals surface area (Å²) in [6, 6.07) is 0.927. The van der Waals surface area contributed by atoms with E-state index in [-0.39, 0.29) is 5.43 Å². The first kappa shape index (κ1) is 14.9. The summed E-state index contributed by atoms with van der Waals surface area (Å²) >= 11 is 1.39.